The average Bonchev–Trinajstić information content (AvgIpc) is 3.21. The molecule has 2 aromatic rings. The number of Topliss-reactive ketones (excluding diaryl/α,β-unsaturated/α-hetero) is 1. The molecular weight excluding hydrogens is 378 g/mol. The fourth-order valence-electron chi connectivity index (χ4n) is 4.87. The summed E-state index contributed by atoms with van der Waals surface area (Å²) in [5.41, 5.74) is 3.46. The monoisotopic (exact) mass is 409 g/mol. The number of piperazine rings is 1. The Morgan fingerprint density at radius 1 is 0.867 bits per heavy atom. The van der Waals surface area contributed by atoms with Gasteiger partial charge in [0.25, 0.3) is 0 Å². The van der Waals surface area contributed by atoms with Gasteiger partial charge in [-0.15, -0.1) is 0 Å². The molecule has 0 bridgehead atoms. The fraction of sp³-hybridized carbons (Fsp3) is 0.542. The van der Waals surface area contributed by atoms with E-state index in [9.17, 15) is 4.79 Å². The lowest BCUT2D eigenvalue weighted by atomic mass is 9.97. The Morgan fingerprint density at radius 3 is 2.53 bits per heavy atom. The zero-order chi connectivity index (χ0) is 20.3. The third-order valence-corrected chi connectivity index (χ3v) is 6.58. The second-order valence-corrected chi connectivity index (χ2v) is 8.51. The van der Waals surface area contributed by atoms with E-state index in [1.54, 1.807) is 0 Å². The van der Waals surface area contributed by atoms with Crippen LogP contribution in [0.25, 0.3) is 0 Å². The summed E-state index contributed by atoms with van der Waals surface area (Å²) >= 11 is 0. The van der Waals surface area contributed by atoms with Gasteiger partial charge in [-0.2, -0.15) is 0 Å². The number of nitrogens with zero attached hydrogens (tertiary/aromatic N) is 3. The Bertz CT molecular complexity index is 899. The Morgan fingerprint density at radius 2 is 1.67 bits per heavy atom. The second kappa shape index (κ2) is 8.72. The molecule has 1 aromatic carbocycles. The maximum atomic E-state index is 12.0. The predicted molar refractivity (Wildman–Crippen MR) is 117 cm³/mol. The molecule has 0 saturated carbocycles. The maximum absolute atomic E-state index is 12.0. The van der Waals surface area contributed by atoms with Crippen molar-refractivity contribution in [3.63, 3.8) is 0 Å². The molecule has 0 radical (unpaired) electrons. The lowest BCUT2D eigenvalue weighted by molar-refractivity contribution is 0.0971. The van der Waals surface area contributed by atoms with Crippen LogP contribution >= 0.6 is 0 Å². The normalized spacial score (nSPS) is 19.1. The van der Waals surface area contributed by atoms with E-state index >= 15 is 0 Å². The first kappa shape index (κ1) is 19.5. The summed E-state index contributed by atoms with van der Waals surface area (Å²) in [6.07, 6.45) is 7.25. The van der Waals surface area contributed by atoms with Crippen molar-refractivity contribution in [1.29, 1.82) is 0 Å². The molecule has 2 aliphatic heterocycles. The number of rotatable bonds is 6. The van der Waals surface area contributed by atoms with E-state index in [0.717, 1.165) is 82.0 Å². The first-order valence-corrected chi connectivity index (χ1v) is 11.4. The van der Waals surface area contributed by atoms with Crippen molar-refractivity contribution < 1.29 is 14.3 Å². The molecule has 1 aromatic heterocycles. The molecule has 1 aliphatic carbocycles. The van der Waals surface area contributed by atoms with Gasteiger partial charge in [0.1, 0.15) is 13.2 Å². The van der Waals surface area contributed by atoms with Crippen LogP contribution in [0.5, 0.6) is 11.5 Å². The summed E-state index contributed by atoms with van der Waals surface area (Å²) in [7, 11) is 0. The molecule has 6 heteroatoms. The summed E-state index contributed by atoms with van der Waals surface area (Å²) < 4.78 is 13.7. The number of anilines is 1. The molecule has 0 atom stereocenters. The number of aromatic nitrogens is 1. The average molecular weight is 410 g/mol. The molecular formula is C24H31N3O3. The molecule has 1 fully saturated rings. The number of ether oxygens (including phenoxy) is 2. The Labute approximate surface area is 178 Å². The van der Waals surface area contributed by atoms with E-state index in [-0.39, 0.29) is 0 Å². The predicted octanol–water partition coefficient (Wildman–Crippen LogP) is 3.38. The molecule has 0 spiro atoms. The van der Waals surface area contributed by atoms with Crippen molar-refractivity contribution in [2.24, 2.45) is 0 Å². The number of aryl methyl sites for hydroxylation is 1. The Hall–Kier alpha value is -2.47. The molecule has 160 valence electrons. The van der Waals surface area contributed by atoms with Crippen molar-refractivity contribution in [2.75, 3.05) is 50.8 Å². The largest absolute Gasteiger partial charge is 0.486 e. The quantitative estimate of drug-likeness (QED) is 0.685. The van der Waals surface area contributed by atoms with E-state index in [1.807, 2.05) is 12.1 Å². The number of fused-ring (bicyclic) bond motifs is 2. The van der Waals surface area contributed by atoms with Gasteiger partial charge in [0, 0.05) is 68.4 Å². The van der Waals surface area contributed by atoms with Gasteiger partial charge in [-0.1, -0.05) is 0 Å². The minimum atomic E-state index is 0.325. The van der Waals surface area contributed by atoms with Gasteiger partial charge in [0.15, 0.2) is 17.3 Å². The van der Waals surface area contributed by atoms with Crippen molar-refractivity contribution in [3.05, 3.63) is 41.7 Å². The van der Waals surface area contributed by atoms with E-state index in [2.05, 4.69) is 32.7 Å². The zero-order valence-electron chi connectivity index (χ0n) is 17.6. The van der Waals surface area contributed by atoms with Gasteiger partial charge >= 0.3 is 0 Å². The highest BCUT2D eigenvalue weighted by molar-refractivity contribution is 5.98. The highest BCUT2D eigenvalue weighted by Crippen LogP contribution is 2.34. The lowest BCUT2D eigenvalue weighted by Gasteiger charge is -2.36. The van der Waals surface area contributed by atoms with Crippen LogP contribution in [0.2, 0.25) is 0 Å². The molecule has 0 unspecified atom stereocenters. The summed E-state index contributed by atoms with van der Waals surface area (Å²) in [5, 5.41) is 0. The summed E-state index contributed by atoms with van der Waals surface area (Å²) in [4.78, 5) is 17.0. The number of ketones is 1. The smallest absolute Gasteiger partial charge is 0.164 e. The summed E-state index contributed by atoms with van der Waals surface area (Å²) in [5.74, 6) is 2.05. The first-order chi connectivity index (χ1) is 14.8. The van der Waals surface area contributed by atoms with Crippen molar-refractivity contribution in [3.8, 4) is 11.5 Å². The van der Waals surface area contributed by atoms with Crippen molar-refractivity contribution in [1.82, 2.24) is 9.47 Å². The van der Waals surface area contributed by atoms with Gasteiger partial charge in [-0.25, -0.2) is 0 Å². The number of unbranched alkanes of at least 4 members (excludes halogenated alkanes) is 1. The van der Waals surface area contributed by atoms with Crippen molar-refractivity contribution in [2.45, 2.75) is 38.6 Å². The number of hydrogen-bond acceptors (Lipinski definition) is 5. The van der Waals surface area contributed by atoms with E-state index < -0.39 is 0 Å². The first-order valence-electron chi connectivity index (χ1n) is 11.4. The van der Waals surface area contributed by atoms with Crippen LogP contribution in [-0.2, 0) is 13.0 Å². The number of carbonyl (C=O) groups excluding carboxylic acids is 1. The maximum Gasteiger partial charge on any atom is 0.164 e. The number of carbonyl (C=O) groups is 1. The van der Waals surface area contributed by atoms with Crippen LogP contribution in [-0.4, -0.2) is 61.2 Å². The molecule has 5 rings (SSSR count). The molecule has 3 aliphatic rings. The molecule has 0 N–H and O–H groups in total. The van der Waals surface area contributed by atoms with Crippen LogP contribution < -0.4 is 14.4 Å². The lowest BCUT2D eigenvalue weighted by Crippen LogP contribution is -2.46. The van der Waals surface area contributed by atoms with Crippen molar-refractivity contribution >= 4 is 11.5 Å². The number of benzene rings is 1. The number of hydrogen-bond donors (Lipinski definition) is 0. The van der Waals surface area contributed by atoms with Crippen LogP contribution in [0.1, 0.15) is 41.7 Å². The highest BCUT2D eigenvalue weighted by Gasteiger charge is 2.21. The fourth-order valence-corrected chi connectivity index (χ4v) is 4.87. The van der Waals surface area contributed by atoms with Crippen LogP contribution in [0, 0.1) is 0 Å². The molecule has 0 amide bonds. The Kier molecular flexibility index (Phi) is 5.67. The van der Waals surface area contributed by atoms with Gasteiger partial charge in [-0.3, -0.25) is 9.69 Å². The van der Waals surface area contributed by atoms with Crippen LogP contribution in [0.15, 0.2) is 30.5 Å². The highest BCUT2D eigenvalue weighted by atomic mass is 16.6. The van der Waals surface area contributed by atoms with Crippen LogP contribution in [0.4, 0.5) is 5.69 Å². The summed E-state index contributed by atoms with van der Waals surface area (Å²) in [6, 6.07) is 8.32. The minimum Gasteiger partial charge on any atom is -0.486 e. The SMILES string of the molecule is O=C1CCCc2c1ccn2CCCCN1CCN(c2ccc3c(c2)OCCO3)CC1. The van der Waals surface area contributed by atoms with Gasteiger partial charge in [-0.05, 0) is 50.4 Å². The van der Waals surface area contributed by atoms with E-state index in [1.165, 1.54) is 17.8 Å². The molecule has 6 nitrogen and oxygen atoms in total. The third kappa shape index (κ3) is 4.06. The van der Waals surface area contributed by atoms with Gasteiger partial charge in [0.05, 0.1) is 0 Å². The second-order valence-electron chi connectivity index (χ2n) is 8.51. The molecule has 1 saturated heterocycles. The zero-order valence-corrected chi connectivity index (χ0v) is 17.6. The molecule has 30 heavy (non-hydrogen) atoms. The topological polar surface area (TPSA) is 46.9 Å². The standard InChI is InChI=1S/C24H31N3O3/c28-22-5-3-4-21-20(22)8-11-27(21)10-2-1-9-25-12-14-26(15-13-25)19-6-7-23-24(18-19)30-17-16-29-23/h6-8,11,18H,1-5,9-10,12-17H2. The third-order valence-electron chi connectivity index (χ3n) is 6.58. The van der Waals surface area contributed by atoms with Gasteiger partial charge in [0.2, 0.25) is 0 Å². The Balaban J connectivity index is 1.06. The minimum absolute atomic E-state index is 0.325. The van der Waals surface area contributed by atoms with E-state index in [0.29, 0.717) is 19.0 Å². The van der Waals surface area contributed by atoms with E-state index in [4.69, 9.17) is 9.47 Å². The summed E-state index contributed by atoms with van der Waals surface area (Å²) in [6.45, 7) is 7.74. The van der Waals surface area contributed by atoms with Crippen LogP contribution in [0.3, 0.4) is 0 Å². The molecule has 3 heterocycles. The van der Waals surface area contributed by atoms with Gasteiger partial charge < -0.3 is 18.9 Å².